The van der Waals surface area contributed by atoms with E-state index in [0.29, 0.717) is 23.2 Å². The molecule has 0 aliphatic rings. The Morgan fingerprint density at radius 3 is 2.57 bits per heavy atom. The van der Waals surface area contributed by atoms with E-state index in [0.717, 1.165) is 4.47 Å². The molecule has 0 atom stereocenters. The molecule has 10 heteroatoms. The maximum absolute atomic E-state index is 13.7. The molecule has 3 rings (SSSR count). The van der Waals surface area contributed by atoms with Crippen molar-refractivity contribution < 1.29 is 14.0 Å². The normalized spacial score (nSPS) is 10.6. The van der Waals surface area contributed by atoms with Gasteiger partial charge < -0.3 is 15.2 Å². The van der Waals surface area contributed by atoms with E-state index in [1.54, 1.807) is 22.8 Å². The number of anilines is 1. The first kappa shape index (κ1) is 22.0. The highest BCUT2D eigenvalue weighted by molar-refractivity contribution is 9.10. The number of benzene rings is 2. The Kier molecular flexibility index (Phi) is 7.58. The van der Waals surface area contributed by atoms with Crippen molar-refractivity contribution in [3.05, 3.63) is 70.2 Å². The van der Waals surface area contributed by atoms with Crippen LogP contribution in [0.1, 0.15) is 23.1 Å². The third kappa shape index (κ3) is 5.67. The molecule has 0 aliphatic heterocycles. The van der Waals surface area contributed by atoms with E-state index in [9.17, 15) is 14.0 Å². The van der Waals surface area contributed by atoms with E-state index >= 15 is 0 Å². The SMILES string of the molecule is CCn1c(CNC(=O)c2ccccc2F)nnc1SCC(=O)Nc1ccc(Br)cc1. The number of hydrogen-bond acceptors (Lipinski definition) is 5. The van der Waals surface area contributed by atoms with Gasteiger partial charge >= 0.3 is 0 Å². The quantitative estimate of drug-likeness (QED) is 0.467. The molecule has 0 radical (unpaired) electrons. The number of carbonyl (C=O) groups is 2. The molecule has 0 saturated heterocycles. The number of nitrogens with zero attached hydrogens (tertiary/aromatic N) is 3. The number of halogens is 2. The summed E-state index contributed by atoms with van der Waals surface area (Å²) in [5.41, 5.74) is 0.677. The van der Waals surface area contributed by atoms with Gasteiger partial charge in [-0.2, -0.15) is 0 Å². The van der Waals surface area contributed by atoms with Crippen molar-refractivity contribution in [1.29, 1.82) is 0 Å². The Morgan fingerprint density at radius 1 is 1.13 bits per heavy atom. The first-order valence-electron chi connectivity index (χ1n) is 9.11. The van der Waals surface area contributed by atoms with Crippen LogP contribution >= 0.6 is 27.7 Å². The average Bonchev–Trinajstić information content (AvgIpc) is 3.14. The molecule has 0 spiro atoms. The third-order valence-corrected chi connectivity index (χ3v) is 5.59. The summed E-state index contributed by atoms with van der Waals surface area (Å²) in [6, 6.07) is 13.1. The maximum atomic E-state index is 13.7. The highest BCUT2D eigenvalue weighted by Crippen LogP contribution is 2.19. The number of nitrogens with one attached hydrogen (secondary N) is 2. The van der Waals surface area contributed by atoms with Crippen LogP contribution < -0.4 is 10.6 Å². The Bertz CT molecular complexity index is 1040. The highest BCUT2D eigenvalue weighted by Gasteiger charge is 2.16. The van der Waals surface area contributed by atoms with Crippen LogP contribution in [0.3, 0.4) is 0 Å². The van der Waals surface area contributed by atoms with Crippen LogP contribution in [0.4, 0.5) is 10.1 Å². The summed E-state index contributed by atoms with van der Waals surface area (Å²) >= 11 is 4.60. The van der Waals surface area contributed by atoms with Crippen LogP contribution in [0.5, 0.6) is 0 Å². The van der Waals surface area contributed by atoms with Crippen LogP contribution in [-0.2, 0) is 17.9 Å². The summed E-state index contributed by atoms with van der Waals surface area (Å²) in [5.74, 6) is -0.585. The predicted octanol–water partition coefficient (Wildman–Crippen LogP) is 3.86. The van der Waals surface area contributed by atoms with Crippen molar-refractivity contribution in [2.75, 3.05) is 11.1 Å². The van der Waals surface area contributed by atoms with Gasteiger partial charge in [0.2, 0.25) is 5.91 Å². The van der Waals surface area contributed by atoms with Gasteiger partial charge in [0.1, 0.15) is 5.82 Å². The number of thioether (sulfide) groups is 1. The molecule has 30 heavy (non-hydrogen) atoms. The van der Waals surface area contributed by atoms with Crippen molar-refractivity contribution in [2.24, 2.45) is 0 Å². The summed E-state index contributed by atoms with van der Waals surface area (Å²) in [7, 11) is 0. The van der Waals surface area contributed by atoms with Gasteiger partial charge in [-0.3, -0.25) is 9.59 Å². The molecule has 0 saturated carbocycles. The van der Waals surface area contributed by atoms with Crippen molar-refractivity contribution in [3.63, 3.8) is 0 Å². The minimum atomic E-state index is -0.583. The highest BCUT2D eigenvalue weighted by atomic mass is 79.9. The minimum Gasteiger partial charge on any atom is -0.345 e. The second-order valence-corrected chi connectivity index (χ2v) is 8.01. The second kappa shape index (κ2) is 10.4. The summed E-state index contributed by atoms with van der Waals surface area (Å²) in [6.07, 6.45) is 0. The molecular formula is C20H19BrFN5O2S. The van der Waals surface area contributed by atoms with Crippen molar-refractivity contribution >= 4 is 45.2 Å². The first-order chi connectivity index (χ1) is 14.5. The smallest absolute Gasteiger partial charge is 0.254 e. The van der Waals surface area contributed by atoms with E-state index < -0.39 is 11.7 Å². The number of amides is 2. The van der Waals surface area contributed by atoms with Crippen molar-refractivity contribution in [1.82, 2.24) is 20.1 Å². The summed E-state index contributed by atoms with van der Waals surface area (Å²) in [5, 5.41) is 14.2. The molecule has 156 valence electrons. The van der Waals surface area contributed by atoms with Gasteiger partial charge in [-0.15, -0.1) is 10.2 Å². The number of rotatable bonds is 8. The average molecular weight is 492 g/mol. The molecule has 2 aromatic carbocycles. The van der Waals surface area contributed by atoms with Crippen LogP contribution in [0.2, 0.25) is 0 Å². The van der Waals surface area contributed by atoms with Crippen LogP contribution in [0.25, 0.3) is 0 Å². The Hall–Kier alpha value is -2.72. The lowest BCUT2D eigenvalue weighted by atomic mass is 10.2. The molecule has 0 bridgehead atoms. The molecule has 0 aliphatic carbocycles. The largest absolute Gasteiger partial charge is 0.345 e. The Balaban J connectivity index is 1.57. The van der Waals surface area contributed by atoms with E-state index in [4.69, 9.17) is 0 Å². The number of hydrogen-bond donors (Lipinski definition) is 2. The molecule has 7 nitrogen and oxygen atoms in total. The molecule has 2 amide bonds. The minimum absolute atomic E-state index is 0.0284. The molecule has 0 fully saturated rings. The fraction of sp³-hybridized carbons (Fsp3) is 0.200. The summed E-state index contributed by atoms with van der Waals surface area (Å²) in [6.45, 7) is 2.58. The van der Waals surface area contributed by atoms with Gasteiger partial charge in [-0.25, -0.2) is 4.39 Å². The molecular weight excluding hydrogens is 473 g/mol. The zero-order valence-electron chi connectivity index (χ0n) is 16.1. The molecule has 0 unspecified atom stereocenters. The molecule has 2 N–H and O–H groups in total. The lowest BCUT2D eigenvalue weighted by Gasteiger charge is -2.09. The van der Waals surface area contributed by atoms with E-state index in [1.807, 2.05) is 19.1 Å². The van der Waals surface area contributed by atoms with Crippen molar-refractivity contribution in [3.8, 4) is 0 Å². The lowest BCUT2D eigenvalue weighted by Crippen LogP contribution is -2.25. The van der Waals surface area contributed by atoms with Gasteiger partial charge in [0.05, 0.1) is 17.9 Å². The first-order valence-corrected chi connectivity index (χ1v) is 10.9. The monoisotopic (exact) mass is 491 g/mol. The fourth-order valence-corrected chi connectivity index (χ4v) is 3.72. The van der Waals surface area contributed by atoms with Crippen molar-refractivity contribution in [2.45, 2.75) is 25.2 Å². The Labute approximate surface area is 185 Å². The van der Waals surface area contributed by atoms with Crippen LogP contribution in [0.15, 0.2) is 58.2 Å². The number of aromatic nitrogens is 3. The van der Waals surface area contributed by atoms with E-state index in [1.165, 1.54) is 30.0 Å². The van der Waals surface area contributed by atoms with Gasteiger partial charge in [0, 0.05) is 16.7 Å². The fourth-order valence-electron chi connectivity index (χ4n) is 2.63. The summed E-state index contributed by atoms with van der Waals surface area (Å²) in [4.78, 5) is 24.4. The standard InChI is InChI=1S/C20H19BrFN5O2S/c1-2-27-17(11-23-19(29)15-5-3-4-6-16(15)22)25-26-20(27)30-12-18(28)24-14-9-7-13(21)8-10-14/h3-10H,2,11-12H2,1H3,(H,23,29)(H,24,28). The Morgan fingerprint density at radius 2 is 1.87 bits per heavy atom. The van der Waals surface area contributed by atoms with Crippen LogP contribution in [-0.4, -0.2) is 32.3 Å². The second-order valence-electron chi connectivity index (χ2n) is 6.15. The number of carbonyl (C=O) groups excluding carboxylic acids is 2. The van der Waals surface area contributed by atoms with Gasteiger partial charge in [-0.05, 0) is 43.3 Å². The molecule has 3 aromatic rings. The van der Waals surface area contributed by atoms with E-state index in [2.05, 4.69) is 36.8 Å². The molecule has 1 aromatic heterocycles. The predicted molar refractivity (Wildman–Crippen MR) is 117 cm³/mol. The van der Waals surface area contributed by atoms with Gasteiger partial charge in [-0.1, -0.05) is 39.8 Å². The lowest BCUT2D eigenvalue weighted by molar-refractivity contribution is -0.113. The zero-order valence-corrected chi connectivity index (χ0v) is 18.5. The van der Waals surface area contributed by atoms with Crippen LogP contribution in [0, 0.1) is 5.82 Å². The molecule has 1 heterocycles. The van der Waals surface area contributed by atoms with E-state index in [-0.39, 0.29) is 23.8 Å². The third-order valence-electron chi connectivity index (χ3n) is 4.10. The maximum Gasteiger partial charge on any atom is 0.254 e. The van der Waals surface area contributed by atoms with Gasteiger partial charge in [0.25, 0.3) is 5.91 Å². The van der Waals surface area contributed by atoms with Gasteiger partial charge in [0.15, 0.2) is 11.0 Å². The summed E-state index contributed by atoms with van der Waals surface area (Å²) < 4.78 is 16.5. The topological polar surface area (TPSA) is 88.9 Å². The zero-order chi connectivity index (χ0) is 21.5.